The third kappa shape index (κ3) is 5.12. The number of carbonyl (C=O) groups is 1. The number of ether oxygens (including phenoxy) is 2. The maximum absolute atomic E-state index is 13.2. The standard InChI is InChI=1S/C21H29IN4O5S/c22-19(21(27)25-9-13-31-14-10-25)17-15-32(28,29)18-4-2-1-3-16(18)20(17)26(23)6-5-24-7-11-30-12-8-24/h1-4,19H,5-15,23H2. The number of carbonyl (C=O) groups excluding carboxylic acids is 1. The Labute approximate surface area is 202 Å². The van der Waals surface area contributed by atoms with Gasteiger partial charge in [0.15, 0.2) is 9.84 Å². The number of alkyl halides is 1. The molecule has 0 aliphatic carbocycles. The molecule has 3 aliphatic heterocycles. The molecule has 1 aromatic carbocycles. The van der Waals surface area contributed by atoms with Crippen LogP contribution in [0.15, 0.2) is 34.7 Å². The van der Waals surface area contributed by atoms with E-state index in [1.54, 1.807) is 34.2 Å². The van der Waals surface area contributed by atoms with Crippen molar-refractivity contribution in [2.45, 2.75) is 8.82 Å². The number of halogens is 1. The molecule has 1 aromatic rings. The zero-order chi connectivity index (χ0) is 22.7. The summed E-state index contributed by atoms with van der Waals surface area (Å²) in [6, 6.07) is 6.91. The Hall–Kier alpha value is -1.25. The van der Waals surface area contributed by atoms with Crippen LogP contribution in [0.4, 0.5) is 0 Å². The van der Waals surface area contributed by atoms with Gasteiger partial charge in [-0.25, -0.2) is 14.3 Å². The number of morpholine rings is 2. The van der Waals surface area contributed by atoms with Gasteiger partial charge in [0.05, 0.1) is 42.8 Å². The van der Waals surface area contributed by atoms with E-state index in [9.17, 15) is 13.2 Å². The predicted molar refractivity (Wildman–Crippen MR) is 129 cm³/mol. The summed E-state index contributed by atoms with van der Waals surface area (Å²) in [6.45, 7) is 6.32. The van der Waals surface area contributed by atoms with Gasteiger partial charge >= 0.3 is 0 Å². The number of hydrogen-bond donors (Lipinski definition) is 1. The first kappa shape index (κ1) is 23.9. The van der Waals surface area contributed by atoms with Crippen molar-refractivity contribution in [2.24, 2.45) is 5.84 Å². The molecule has 32 heavy (non-hydrogen) atoms. The fraction of sp³-hybridized carbons (Fsp3) is 0.571. The van der Waals surface area contributed by atoms with E-state index in [0.29, 0.717) is 62.9 Å². The van der Waals surface area contributed by atoms with Crippen LogP contribution in [-0.2, 0) is 24.1 Å². The molecule has 1 amide bonds. The molecule has 2 N–H and O–H groups in total. The Bertz CT molecular complexity index is 974. The fourth-order valence-electron chi connectivity index (χ4n) is 4.27. The summed E-state index contributed by atoms with van der Waals surface area (Å²) in [5, 5.41) is 1.62. The average Bonchev–Trinajstić information content (AvgIpc) is 2.82. The number of fused-ring (bicyclic) bond motifs is 1. The highest BCUT2D eigenvalue weighted by Crippen LogP contribution is 2.38. The summed E-state index contributed by atoms with van der Waals surface area (Å²) < 4.78 is 36.3. The van der Waals surface area contributed by atoms with Gasteiger partial charge < -0.3 is 19.4 Å². The van der Waals surface area contributed by atoms with Gasteiger partial charge in [-0.3, -0.25) is 9.69 Å². The van der Waals surface area contributed by atoms with Crippen LogP contribution in [0.2, 0.25) is 0 Å². The fourth-order valence-corrected chi connectivity index (χ4v) is 7.13. The lowest BCUT2D eigenvalue weighted by atomic mass is 10.0. The number of sulfone groups is 1. The molecule has 0 spiro atoms. The Morgan fingerprint density at radius 1 is 1.09 bits per heavy atom. The number of rotatable bonds is 6. The van der Waals surface area contributed by atoms with Crippen LogP contribution in [0, 0.1) is 0 Å². The van der Waals surface area contributed by atoms with Crippen LogP contribution in [0.25, 0.3) is 5.70 Å². The van der Waals surface area contributed by atoms with E-state index in [1.165, 1.54) is 0 Å². The third-order valence-corrected chi connectivity index (χ3v) is 9.02. The maximum Gasteiger partial charge on any atom is 0.239 e. The van der Waals surface area contributed by atoms with E-state index in [-0.39, 0.29) is 16.6 Å². The van der Waals surface area contributed by atoms with Crippen molar-refractivity contribution in [2.75, 3.05) is 71.4 Å². The SMILES string of the molecule is NN(CCN1CCOCC1)C1=C(C(I)C(=O)N2CCOCC2)CS(=O)(=O)c2ccccc21. The van der Waals surface area contributed by atoms with Gasteiger partial charge in [0.2, 0.25) is 5.91 Å². The highest BCUT2D eigenvalue weighted by Gasteiger charge is 2.38. The molecule has 3 heterocycles. The molecule has 2 fully saturated rings. The predicted octanol–water partition coefficient (Wildman–Crippen LogP) is 0.355. The molecule has 0 radical (unpaired) electrons. The summed E-state index contributed by atoms with van der Waals surface area (Å²) in [7, 11) is -3.57. The quantitative estimate of drug-likeness (QED) is 0.224. The lowest BCUT2D eigenvalue weighted by Gasteiger charge is -2.35. The van der Waals surface area contributed by atoms with E-state index in [4.69, 9.17) is 15.3 Å². The second kappa shape index (κ2) is 10.3. The average molecular weight is 576 g/mol. The number of nitrogens with two attached hydrogens (primary N) is 1. The minimum Gasteiger partial charge on any atom is -0.379 e. The lowest BCUT2D eigenvalue weighted by molar-refractivity contribution is -0.133. The summed E-state index contributed by atoms with van der Waals surface area (Å²) in [6.07, 6.45) is 0. The molecule has 1 atom stereocenters. The highest BCUT2D eigenvalue weighted by atomic mass is 127. The van der Waals surface area contributed by atoms with Crippen molar-refractivity contribution in [1.82, 2.24) is 14.8 Å². The Morgan fingerprint density at radius 2 is 1.72 bits per heavy atom. The van der Waals surface area contributed by atoms with E-state index >= 15 is 0 Å². The number of hydrogen-bond acceptors (Lipinski definition) is 8. The Balaban J connectivity index is 1.67. The minimum atomic E-state index is -3.57. The molecule has 0 bridgehead atoms. The van der Waals surface area contributed by atoms with Gasteiger partial charge in [-0.15, -0.1) is 0 Å². The summed E-state index contributed by atoms with van der Waals surface area (Å²) in [4.78, 5) is 17.5. The van der Waals surface area contributed by atoms with Gasteiger partial charge in [0.25, 0.3) is 0 Å². The molecule has 9 nitrogen and oxygen atoms in total. The van der Waals surface area contributed by atoms with Gasteiger partial charge in [0, 0.05) is 44.8 Å². The minimum absolute atomic E-state index is 0.0995. The van der Waals surface area contributed by atoms with E-state index in [1.807, 2.05) is 0 Å². The van der Waals surface area contributed by atoms with Crippen LogP contribution < -0.4 is 5.84 Å². The van der Waals surface area contributed by atoms with Gasteiger partial charge in [-0.1, -0.05) is 40.8 Å². The number of nitrogens with zero attached hydrogens (tertiary/aromatic N) is 3. The van der Waals surface area contributed by atoms with Crippen molar-refractivity contribution < 1.29 is 22.7 Å². The van der Waals surface area contributed by atoms with Crippen LogP contribution in [0.5, 0.6) is 0 Å². The second-order valence-electron chi connectivity index (χ2n) is 8.08. The third-order valence-electron chi connectivity index (χ3n) is 6.02. The summed E-state index contributed by atoms with van der Waals surface area (Å²) in [5.74, 6) is 6.24. The van der Waals surface area contributed by atoms with Gasteiger partial charge in [0.1, 0.15) is 3.92 Å². The Kier molecular flexibility index (Phi) is 7.73. The molecular weight excluding hydrogens is 547 g/mol. The van der Waals surface area contributed by atoms with Gasteiger partial charge in [-0.05, 0) is 11.6 Å². The van der Waals surface area contributed by atoms with Crippen LogP contribution in [0.1, 0.15) is 5.56 Å². The van der Waals surface area contributed by atoms with Crippen molar-refractivity contribution in [3.8, 4) is 0 Å². The van der Waals surface area contributed by atoms with Crippen LogP contribution in [0.3, 0.4) is 0 Å². The molecule has 176 valence electrons. The molecular formula is C21H29IN4O5S. The second-order valence-corrected chi connectivity index (χ2v) is 11.3. The largest absolute Gasteiger partial charge is 0.379 e. The summed E-state index contributed by atoms with van der Waals surface area (Å²) in [5.41, 5.74) is 1.75. The first-order valence-corrected chi connectivity index (χ1v) is 13.7. The molecule has 3 aliphatic rings. The Morgan fingerprint density at radius 3 is 2.41 bits per heavy atom. The van der Waals surface area contributed by atoms with E-state index in [2.05, 4.69) is 27.5 Å². The van der Waals surface area contributed by atoms with E-state index < -0.39 is 13.8 Å². The van der Waals surface area contributed by atoms with E-state index in [0.717, 1.165) is 19.6 Å². The molecule has 11 heteroatoms. The molecule has 0 aromatic heterocycles. The zero-order valence-electron chi connectivity index (χ0n) is 17.9. The molecule has 1 unspecified atom stereocenters. The van der Waals surface area contributed by atoms with Gasteiger partial charge in [-0.2, -0.15) is 0 Å². The normalized spacial score (nSPS) is 22.4. The molecule has 0 saturated carbocycles. The number of benzene rings is 1. The topological polar surface area (TPSA) is 105 Å². The first-order valence-electron chi connectivity index (χ1n) is 10.8. The monoisotopic (exact) mass is 576 g/mol. The van der Waals surface area contributed by atoms with Crippen molar-refractivity contribution in [3.63, 3.8) is 0 Å². The van der Waals surface area contributed by atoms with Crippen molar-refractivity contribution >= 4 is 44.0 Å². The smallest absolute Gasteiger partial charge is 0.239 e. The van der Waals surface area contributed by atoms with Crippen LogP contribution in [-0.4, -0.2) is 105 Å². The highest BCUT2D eigenvalue weighted by molar-refractivity contribution is 14.1. The number of hydrazine groups is 1. The number of amides is 1. The summed E-state index contributed by atoms with van der Waals surface area (Å²) >= 11 is 2.06. The van der Waals surface area contributed by atoms with Crippen molar-refractivity contribution in [1.29, 1.82) is 0 Å². The molecule has 4 rings (SSSR count). The maximum atomic E-state index is 13.2. The van der Waals surface area contributed by atoms with Crippen molar-refractivity contribution in [3.05, 3.63) is 35.4 Å². The molecule has 2 saturated heterocycles. The zero-order valence-corrected chi connectivity index (χ0v) is 20.9. The first-order chi connectivity index (χ1) is 15.4. The lowest BCUT2D eigenvalue weighted by Crippen LogP contribution is -2.47. The van der Waals surface area contributed by atoms with Crippen LogP contribution >= 0.6 is 22.6 Å².